The Hall–Kier alpha value is -4.93. The number of benzene rings is 3. The molecule has 0 aromatic heterocycles. The number of hydrogen-bond donors (Lipinski definition) is 2. The number of halogens is 1. The summed E-state index contributed by atoms with van der Waals surface area (Å²) in [6.45, 7) is 0. The summed E-state index contributed by atoms with van der Waals surface area (Å²) in [4.78, 5) is 38.0. The first-order valence-corrected chi connectivity index (χ1v) is 10.4. The number of anilines is 1. The van der Waals surface area contributed by atoms with Crippen LogP contribution in [0.25, 0.3) is 5.76 Å². The number of rotatable bonds is 6. The summed E-state index contributed by atoms with van der Waals surface area (Å²) in [6, 6.07) is 11.2. The monoisotopic (exact) mass is 494 g/mol. The quantitative estimate of drug-likeness (QED) is 0.172. The summed E-state index contributed by atoms with van der Waals surface area (Å²) in [7, 11) is 2.73. The standard InChI is InChI=1S/C25H19FN2O8/c1-35-16-7-9-20(36-2)17(12-16)23(30)21-22(13-6-8-19(29)18(10-13)28(33)34)27(25(32)24(21)31)15-5-3-4-14(26)11-15/h3-12,22,29-30H,1-2H3/b23-21+. The lowest BCUT2D eigenvalue weighted by atomic mass is 9.94. The highest BCUT2D eigenvalue weighted by molar-refractivity contribution is 6.51. The first-order chi connectivity index (χ1) is 17.2. The molecule has 0 spiro atoms. The van der Waals surface area contributed by atoms with Gasteiger partial charge >= 0.3 is 5.69 Å². The minimum absolute atomic E-state index is 0.0190. The van der Waals surface area contributed by atoms with Crippen molar-refractivity contribution < 1.29 is 38.6 Å². The number of carbonyl (C=O) groups is 2. The molecule has 1 atom stereocenters. The molecule has 10 nitrogen and oxygen atoms in total. The van der Waals surface area contributed by atoms with Crippen molar-refractivity contribution in [3.63, 3.8) is 0 Å². The number of carbonyl (C=O) groups excluding carboxylic acids is 2. The highest BCUT2D eigenvalue weighted by Crippen LogP contribution is 2.45. The zero-order valence-corrected chi connectivity index (χ0v) is 19.0. The molecule has 0 saturated carbocycles. The van der Waals surface area contributed by atoms with Crippen LogP contribution < -0.4 is 14.4 Å². The molecule has 1 heterocycles. The molecule has 3 aromatic rings. The van der Waals surface area contributed by atoms with Crippen molar-refractivity contribution in [2.75, 3.05) is 19.1 Å². The van der Waals surface area contributed by atoms with Gasteiger partial charge in [0.15, 0.2) is 5.75 Å². The SMILES string of the molecule is COc1ccc(OC)c(/C(O)=C2\C(=O)C(=O)N(c3cccc(F)c3)C2c2ccc(O)c([N+](=O)[O-])c2)c1. The van der Waals surface area contributed by atoms with E-state index in [0.29, 0.717) is 5.75 Å². The number of aromatic hydroxyl groups is 1. The van der Waals surface area contributed by atoms with Crippen molar-refractivity contribution in [3.8, 4) is 17.2 Å². The number of ketones is 1. The number of aliphatic hydroxyl groups excluding tert-OH is 1. The Morgan fingerprint density at radius 3 is 2.44 bits per heavy atom. The second-order valence-electron chi connectivity index (χ2n) is 7.72. The number of aliphatic hydroxyl groups is 1. The second kappa shape index (κ2) is 9.37. The van der Waals surface area contributed by atoms with Gasteiger partial charge < -0.3 is 19.7 Å². The summed E-state index contributed by atoms with van der Waals surface area (Å²) in [5.74, 6) is -3.70. The van der Waals surface area contributed by atoms with E-state index >= 15 is 0 Å². The van der Waals surface area contributed by atoms with E-state index in [9.17, 15) is 34.3 Å². The Morgan fingerprint density at radius 2 is 1.81 bits per heavy atom. The molecular formula is C25H19FN2O8. The number of phenolic OH excluding ortho intramolecular Hbond substituents is 1. The van der Waals surface area contributed by atoms with Crippen LogP contribution in [0.3, 0.4) is 0 Å². The average molecular weight is 494 g/mol. The lowest BCUT2D eigenvalue weighted by Gasteiger charge is -2.25. The van der Waals surface area contributed by atoms with Gasteiger partial charge in [-0.1, -0.05) is 12.1 Å². The molecule has 0 aliphatic carbocycles. The predicted molar refractivity (Wildman–Crippen MR) is 125 cm³/mol. The van der Waals surface area contributed by atoms with E-state index < -0.39 is 51.2 Å². The van der Waals surface area contributed by atoms with E-state index in [1.165, 1.54) is 44.6 Å². The highest BCUT2D eigenvalue weighted by Gasteiger charge is 2.47. The molecule has 1 aliphatic heterocycles. The van der Waals surface area contributed by atoms with Crippen LogP contribution in [0.5, 0.6) is 17.2 Å². The lowest BCUT2D eigenvalue weighted by Crippen LogP contribution is -2.29. The maximum atomic E-state index is 14.1. The third kappa shape index (κ3) is 4.06. The van der Waals surface area contributed by atoms with Crippen LogP contribution in [-0.2, 0) is 9.59 Å². The molecule has 4 rings (SSSR count). The molecule has 2 N–H and O–H groups in total. The van der Waals surface area contributed by atoms with Crippen LogP contribution in [0.4, 0.5) is 15.8 Å². The summed E-state index contributed by atoms with van der Waals surface area (Å²) >= 11 is 0. The molecule has 0 bridgehead atoms. The fourth-order valence-electron chi connectivity index (χ4n) is 4.04. The Kier molecular flexibility index (Phi) is 6.30. The van der Waals surface area contributed by atoms with Gasteiger partial charge in [0.05, 0.1) is 36.3 Å². The van der Waals surface area contributed by atoms with Crippen LogP contribution in [0.2, 0.25) is 0 Å². The fourth-order valence-corrected chi connectivity index (χ4v) is 4.04. The third-order valence-corrected chi connectivity index (χ3v) is 5.70. The number of Topliss-reactive ketones (excluding diaryl/α,β-unsaturated/α-hetero) is 1. The van der Waals surface area contributed by atoms with Gasteiger partial charge in [-0.2, -0.15) is 0 Å². The van der Waals surface area contributed by atoms with Crippen LogP contribution in [-0.4, -0.2) is 41.0 Å². The van der Waals surface area contributed by atoms with Crippen LogP contribution in [0, 0.1) is 15.9 Å². The topological polar surface area (TPSA) is 139 Å². The van der Waals surface area contributed by atoms with E-state index in [1.54, 1.807) is 6.07 Å². The Balaban J connectivity index is 2.03. The maximum absolute atomic E-state index is 14.1. The van der Waals surface area contributed by atoms with Gasteiger partial charge in [-0.25, -0.2) is 4.39 Å². The maximum Gasteiger partial charge on any atom is 0.311 e. The van der Waals surface area contributed by atoms with E-state index in [-0.39, 0.29) is 22.6 Å². The van der Waals surface area contributed by atoms with E-state index in [0.717, 1.165) is 29.2 Å². The number of hydrogen-bond acceptors (Lipinski definition) is 8. The molecule has 184 valence electrons. The normalized spacial score (nSPS) is 16.8. The van der Waals surface area contributed by atoms with Gasteiger partial charge in [0.25, 0.3) is 11.7 Å². The fraction of sp³-hybridized carbons (Fsp3) is 0.120. The van der Waals surface area contributed by atoms with E-state index in [2.05, 4.69) is 0 Å². The van der Waals surface area contributed by atoms with E-state index in [1.807, 2.05) is 0 Å². The van der Waals surface area contributed by atoms with Gasteiger partial charge in [0.1, 0.15) is 23.1 Å². The summed E-state index contributed by atoms with van der Waals surface area (Å²) in [5.41, 5.74) is -1.08. The second-order valence-corrected chi connectivity index (χ2v) is 7.72. The largest absolute Gasteiger partial charge is 0.507 e. The highest BCUT2D eigenvalue weighted by atomic mass is 19.1. The van der Waals surface area contributed by atoms with E-state index in [4.69, 9.17) is 9.47 Å². The zero-order chi connectivity index (χ0) is 26.1. The zero-order valence-electron chi connectivity index (χ0n) is 19.0. The van der Waals surface area contributed by atoms with Crippen LogP contribution in [0.15, 0.2) is 66.2 Å². The Bertz CT molecular complexity index is 1440. The van der Waals surface area contributed by atoms with Gasteiger partial charge in [-0.05, 0) is 48.0 Å². The van der Waals surface area contributed by atoms with Gasteiger partial charge in [0, 0.05) is 11.8 Å². The summed E-state index contributed by atoms with van der Waals surface area (Å²) in [5, 5.41) is 32.7. The summed E-state index contributed by atoms with van der Waals surface area (Å²) in [6.07, 6.45) is 0. The molecule has 1 aliphatic rings. The van der Waals surface area contributed by atoms with Crippen LogP contribution >= 0.6 is 0 Å². The van der Waals surface area contributed by atoms with Crippen molar-refractivity contribution in [1.29, 1.82) is 0 Å². The first kappa shape index (κ1) is 24.2. The van der Waals surface area contributed by atoms with Crippen molar-refractivity contribution in [2.24, 2.45) is 0 Å². The number of ether oxygens (including phenoxy) is 2. The number of nitro benzene ring substituents is 1. The average Bonchev–Trinajstić information content (AvgIpc) is 3.13. The smallest absolute Gasteiger partial charge is 0.311 e. The molecule has 1 unspecified atom stereocenters. The number of nitro groups is 1. The number of phenols is 1. The molecular weight excluding hydrogens is 475 g/mol. The van der Waals surface area contributed by atoms with Gasteiger partial charge in [0.2, 0.25) is 0 Å². The molecule has 1 fully saturated rings. The summed E-state index contributed by atoms with van der Waals surface area (Å²) < 4.78 is 24.5. The minimum Gasteiger partial charge on any atom is -0.507 e. The predicted octanol–water partition coefficient (Wildman–Crippen LogP) is 4.08. The molecule has 11 heteroatoms. The van der Waals surface area contributed by atoms with Crippen LogP contribution in [0.1, 0.15) is 17.2 Å². The Morgan fingerprint density at radius 1 is 1.06 bits per heavy atom. The molecule has 36 heavy (non-hydrogen) atoms. The first-order valence-electron chi connectivity index (χ1n) is 10.4. The molecule has 1 saturated heterocycles. The number of methoxy groups -OCH3 is 2. The molecule has 0 radical (unpaired) electrons. The van der Waals surface area contributed by atoms with Gasteiger partial charge in [-0.3, -0.25) is 24.6 Å². The number of nitrogens with zero attached hydrogens (tertiary/aromatic N) is 2. The minimum atomic E-state index is -1.40. The molecule has 3 aromatic carbocycles. The molecule has 1 amide bonds. The van der Waals surface area contributed by atoms with Crippen molar-refractivity contribution in [3.05, 3.63) is 93.3 Å². The van der Waals surface area contributed by atoms with Crippen molar-refractivity contribution >= 4 is 28.8 Å². The van der Waals surface area contributed by atoms with Gasteiger partial charge in [-0.15, -0.1) is 0 Å². The lowest BCUT2D eigenvalue weighted by molar-refractivity contribution is -0.385. The third-order valence-electron chi connectivity index (χ3n) is 5.70. The Labute approximate surface area is 203 Å². The van der Waals surface area contributed by atoms with Crippen molar-refractivity contribution in [2.45, 2.75) is 6.04 Å². The number of amides is 1. The van der Waals surface area contributed by atoms with Crippen molar-refractivity contribution in [1.82, 2.24) is 0 Å².